The van der Waals surface area contributed by atoms with Gasteiger partial charge in [-0.15, -0.1) is 0 Å². The van der Waals surface area contributed by atoms with Crippen LogP contribution >= 0.6 is 15.9 Å². The Morgan fingerprint density at radius 3 is 2.56 bits per heavy atom. The molecule has 0 bridgehead atoms. The molecule has 1 heterocycles. The largest absolute Gasteiger partial charge is 0.479 e. The van der Waals surface area contributed by atoms with E-state index in [-0.39, 0.29) is 6.04 Å². The highest BCUT2D eigenvalue weighted by molar-refractivity contribution is 9.10. The van der Waals surface area contributed by atoms with E-state index in [1.165, 1.54) is 0 Å². The maximum Gasteiger partial charge on any atom is 0.338 e. The SMILES string of the molecule is CC(C)n1c(C(O)C(=O)O)cc2ccc(Br)cc21. The highest BCUT2D eigenvalue weighted by Crippen LogP contribution is 2.30. The number of carboxylic acids is 1. The third-order valence-electron chi connectivity index (χ3n) is 2.86. The molecule has 1 aromatic carbocycles. The summed E-state index contributed by atoms with van der Waals surface area (Å²) < 4.78 is 2.77. The Bertz CT molecular complexity index is 604. The summed E-state index contributed by atoms with van der Waals surface area (Å²) in [4.78, 5) is 10.9. The molecular formula is C13H14BrNO3. The number of rotatable bonds is 3. The van der Waals surface area contributed by atoms with E-state index in [4.69, 9.17) is 5.11 Å². The number of aliphatic hydroxyl groups excluding tert-OH is 1. The lowest BCUT2D eigenvalue weighted by Gasteiger charge is -2.16. The molecule has 0 fully saturated rings. The maximum atomic E-state index is 10.9. The first-order chi connectivity index (χ1) is 8.41. The molecule has 96 valence electrons. The first-order valence-electron chi connectivity index (χ1n) is 5.63. The second kappa shape index (κ2) is 4.74. The van der Waals surface area contributed by atoms with Crippen LogP contribution in [0.1, 0.15) is 31.7 Å². The van der Waals surface area contributed by atoms with E-state index in [1.807, 2.05) is 36.6 Å². The number of hydrogen-bond acceptors (Lipinski definition) is 2. The number of aromatic nitrogens is 1. The first kappa shape index (κ1) is 13.1. The number of halogens is 1. The number of hydrogen-bond donors (Lipinski definition) is 2. The van der Waals surface area contributed by atoms with Gasteiger partial charge in [-0.1, -0.05) is 22.0 Å². The molecule has 0 saturated heterocycles. The predicted octanol–water partition coefficient (Wildman–Crippen LogP) is 3.10. The molecule has 18 heavy (non-hydrogen) atoms. The van der Waals surface area contributed by atoms with Crippen LogP contribution in [0.5, 0.6) is 0 Å². The predicted molar refractivity (Wildman–Crippen MR) is 72.6 cm³/mol. The second-order valence-electron chi connectivity index (χ2n) is 4.48. The van der Waals surface area contributed by atoms with Crippen LogP contribution < -0.4 is 0 Å². The van der Waals surface area contributed by atoms with Crippen LogP contribution in [0.15, 0.2) is 28.7 Å². The standard InChI is InChI=1S/C13H14BrNO3/c1-7(2)15-10-6-9(14)4-3-8(10)5-11(15)12(16)13(17)18/h3-7,12,16H,1-2H3,(H,17,18). The van der Waals surface area contributed by atoms with Gasteiger partial charge in [-0.05, 0) is 32.0 Å². The van der Waals surface area contributed by atoms with Crippen molar-refractivity contribution < 1.29 is 15.0 Å². The Hall–Kier alpha value is -1.33. The van der Waals surface area contributed by atoms with E-state index in [0.717, 1.165) is 15.4 Å². The Labute approximate surface area is 113 Å². The van der Waals surface area contributed by atoms with Gasteiger partial charge in [-0.2, -0.15) is 0 Å². The van der Waals surface area contributed by atoms with Crippen molar-refractivity contribution in [1.82, 2.24) is 4.57 Å². The van der Waals surface area contributed by atoms with Crippen LogP contribution in [-0.4, -0.2) is 20.7 Å². The molecule has 2 N–H and O–H groups in total. The van der Waals surface area contributed by atoms with Gasteiger partial charge in [0.1, 0.15) is 0 Å². The molecule has 0 radical (unpaired) electrons. The van der Waals surface area contributed by atoms with Crippen molar-refractivity contribution in [2.24, 2.45) is 0 Å². The van der Waals surface area contributed by atoms with Gasteiger partial charge in [0.15, 0.2) is 6.10 Å². The Kier molecular flexibility index (Phi) is 3.45. The van der Waals surface area contributed by atoms with E-state index in [0.29, 0.717) is 5.69 Å². The van der Waals surface area contributed by atoms with Crippen LogP contribution in [0.4, 0.5) is 0 Å². The molecule has 0 aliphatic carbocycles. The van der Waals surface area contributed by atoms with Crippen molar-refractivity contribution in [3.05, 3.63) is 34.4 Å². The third-order valence-corrected chi connectivity index (χ3v) is 3.36. The smallest absolute Gasteiger partial charge is 0.338 e. The monoisotopic (exact) mass is 311 g/mol. The lowest BCUT2D eigenvalue weighted by Crippen LogP contribution is -2.16. The highest BCUT2D eigenvalue weighted by Gasteiger charge is 2.23. The topological polar surface area (TPSA) is 62.5 Å². The number of fused-ring (bicyclic) bond motifs is 1. The molecule has 0 saturated carbocycles. The van der Waals surface area contributed by atoms with E-state index in [1.54, 1.807) is 6.07 Å². The Morgan fingerprint density at radius 1 is 1.33 bits per heavy atom. The van der Waals surface area contributed by atoms with Crippen molar-refractivity contribution in [2.75, 3.05) is 0 Å². The summed E-state index contributed by atoms with van der Waals surface area (Å²) in [6, 6.07) is 7.51. The average molecular weight is 312 g/mol. The van der Waals surface area contributed by atoms with Crippen LogP contribution in [0.25, 0.3) is 10.9 Å². The van der Waals surface area contributed by atoms with Gasteiger partial charge in [-0.25, -0.2) is 4.79 Å². The summed E-state index contributed by atoms with van der Waals surface area (Å²) >= 11 is 3.40. The van der Waals surface area contributed by atoms with Gasteiger partial charge in [0.2, 0.25) is 0 Å². The minimum atomic E-state index is -1.50. The van der Waals surface area contributed by atoms with Crippen LogP contribution in [0.3, 0.4) is 0 Å². The summed E-state index contributed by atoms with van der Waals surface area (Å²) in [6.45, 7) is 3.91. The zero-order chi connectivity index (χ0) is 13.4. The molecule has 1 aromatic heterocycles. The zero-order valence-electron chi connectivity index (χ0n) is 10.1. The fraction of sp³-hybridized carbons (Fsp3) is 0.308. The number of aliphatic hydroxyl groups is 1. The van der Waals surface area contributed by atoms with Gasteiger partial charge in [0, 0.05) is 21.4 Å². The summed E-state index contributed by atoms with van der Waals surface area (Å²) in [5.74, 6) is -1.24. The first-order valence-corrected chi connectivity index (χ1v) is 6.42. The lowest BCUT2D eigenvalue weighted by atomic mass is 10.2. The van der Waals surface area contributed by atoms with Gasteiger partial charge in [-0.3, -0.25) is 0 Å². The van der Waals surface area contributed by atoms with Crippen molar-refractivity contribution >= 4 is 32.8 Å². The molecule has 5 heteroatoms. The maximum absolute atomic E-state index is 10.9. The van der Waals surface area contributed by atoms with Gasteiger partial charge >= 0.3 is 5.97 Å². The number of benzene rings is 1. The summed E-state index contributed by atoms with van der Waals surface area (Å²) in [7, 11) is 0. The fourth-order valence-electron chi connectivity index (χ4n) is 2.13. The average Bonchev–Trinajstić information content (AvgIpc) is 2.65. The van der Waals surface area contributed by atoms with Gasteiger partial charge in [0.05, 0.1) is 5.69 Å². The van der Waals surface area contributed by atoms with E-state index >= 15 is 0 Å². The fourth-order valence-corrected chi connectivity index (χ4v) is 2.48. The molecule has 0 aliphatic rings. The molecule has 4 nitrogen and oxygen atoms in total. The molecule has 1 atom stereocenters. The summed E-state index contributed by atoms with van der Waals surface area (Å²) in [5.41, 5.74) is 1.32. The van der Waals surface area contributed by atoms with E-state index in [2.05, 4.69) is 15.9 Å². The van der Waals surface area contributed by atoms with Crippen LogP contribution in [0.2, 0.25) is 0 Å². The quantitative estimate of drug-likeness (QED) is 0.915. The minimum Gasteiger partial charge on any atom is -0.479 e. The third kappa shape index (κ3) is 2.15. The van der Waals surface area contributed by atoms with Crippen molar-refractivity contribution in [3.63, 3.8) is 0 Å². The van der Waals surface area contributed by atoms with Crippen molar-refractivity contribution in [3.8, 4) is 0 Å². The van der Waals surface area contributed by atoms with E-state index < -0.39 is 12.1 Å². The molecule has 1 unspecified atom stereocenters. The lowest BCUT2D eigenvalue weighted by molar-refractivity contribution is -0.147. The van der Waals surface area contributed by atoms with Crippen LogP contribution in [0, 0.1) is 0 Å². The number of carboxylic acid groups (broad SMARTS) is 1. The normalized spacial score (nSPS) is 13.2. The highest BCUT2D eigenvalue weighted by atomic mass is 79.9. The molecule has 2 rings (SSSR count). The molecular weight excluding hydrogens is 298 g/mol. The van der Waals surface area contributed by atoms with Crippen LogP contribution in [-0.2, 0) is 4.79 Å². The van der Waals surface area contributed by atoms with E-state index in [9.17, 15) is 9.90 Å². The van der Waals surface area contributed by atoms with Gasteiger partial charge < -0.3 is 14.8 Å². The second-order valence-corrected chi connectivity index (χ2v) is 5.39. The molecule has 2 aromatic rings. The Morgan fingerprint density at radius 2 is 2.00 bits per heavy atom. The molecule has 0 aliphatic heterocycles. The number of nitrogens with zero attached hydrogens (tertiary/aromatic N) is 1. The van der Waals surface area contributed by atoms with Crippen molar-refractivity contribution in [2.45, 2.75) is 26.0 Å². The minimum absolute atomic E-state index is 0.0702. The zero-order valence-corrected chi connectivity index (χ0v) is 11.7. The molecule has 0 spiro atoms. The molecule has 0 amide bonds. The summed E-state index contributed by atoms with van der Waals surface area (Å²) in [6.07, 6.45) is -1.50. The van der Waals surface area contributed by atoms with Crippen molar-refractivity contribution in [1.29, 1.82) is 0 Å². The summed E-state index contributed by atoms with van der Waals surface area (Å²) in [5, 5.41) is 19.6. The number of carbonyl (C=O) groups is 1. The Balaban J connectivity index is 2.73. The van der Waals surface area contributed by atoms with Gasteiger partial charge in [0.25, 0.3) is 0 Å². The number of aliphatic carboxylic acids is 1.